The van der Waals surface area contributed by atoms with Gasteiger partial charge in [0.05, 0.1) is 11.1 Å². The lowest BCUT2D eigenvalue weighted by Crippen LogP contribution is -2.47. The molecule has 32 heavy (non-hydrogen) atoms. The fourth-order valence-electron chi connectivity index (χ4n) is 4.28. The molecule has 8 nitrogen and oxygen atoms in total. The lowest BCUT2D eigenvalue weighted by atomic mass is 10.1. The van der Waals surface area contributed by atoms with Crippen molar-refractivity contribution in [2.75, 3.05) is 19.6 Å². The highest BCUT2D eigenvalue weighted by molar-refractivity contribution is 6.22. The summed E-state index contributed by atoms with van der Waals surface area (Å²) < 4.78 is 6.07. The number of nitrogens with zero attached hydrogens (tertiary/aromatic N) is 2. The fourth-order valence-corrected chi connectivity index (χ4v) is 4.28. The van der Waals surface area contributed by atoms with Crippen LogP contribution >= 0.6 is 0 Å². The van der Waals surface area contributed by atoms with Crippen molar-refractivity contribution >= 4 is 28.5 Å². The predicted molar refractivity (Wildman–Crippen MR) is 117 cm³/mol. The number of ether oxygens (including phenoxy) is 1. The molecular weight excluding hydrogens is 410 g/mol. The zero-order valence-corrected chi connectivity index (χ0v) is 17.2. The van der Waals surface area contributed by atoms with Crippen LogP contribution in [0.2, 0.25) is 0 Å². The van der Waals surface area contributed by atoms with Gasteiger partial charge in [-0.15, -0.1) is 0 Å². The number of fused-ring (bicyclic) bond motifs is 2. The van der Waals surface area contributed by atoms with E-state index in [0.717, 1.165) is 10.3 Å². The molecular formula is C24H21N3O5. The van der Waals surface area contributed by atoms with E-state index < -0.39 is 11.8 Å². The minimum absolute atomic E-state index is 0.0576. The van der Waals surface area contributed by atoms with Gasteiger partial charge in [-0.05, 0) is 41.8 Å². The van der Waals surface area contributed by atoms with Crippen LogP contribution in [0, 0.1) is 0 Å². The van der Waals surface area contributed by atoms with Crippen LogP contribution in [0.15, 0.2) is 59.5 Å². The molecule has 0 saturated carbocycles. The SMILES string of the molecule is O=C(CN1C(=O)c2ccccc2C1=O)N1CCC(Oc2ccc3c(=O)[nH]ccc3c2)CC1. The first-order valence-electron chi connectivity index (χ1n) is 10.5. The van der Waals surface area contributed by atoms with E-state index in [4.69, 9.17) is 4.74 Å². The maximum Gasteiger partial charge on any atom is 0.262 e. The quantitative estimate of drug-likeness (QED) is 0.639. The van der Waals surface area contributed by atoms with Gasteiger partial charge in [0.25, 0.3) is 17.4 Å². The summed E-state index contributed by atoms with van der Waals surface area (Å²) in [6.07, 6.45) is 2.83. The van der Waals surface area contributed by atoms with Crippen molar-refractivity contribution in [3.63, 3.8) is 0 Å². The topological polar surface area (TPSA) is 99.8 Å². The Labute approximate surface area is 183 Å². The zero-order chi connectivity index (χ0) is 22.2. The average molecular weight is 431 g/mol. The molecule has 8 heteroatoms. The van der Waals surface area contributed by atoms with Gasteiger partial charge in [-0.1, -0.05) is 12.1 Å². The zero-order valence-electron chi connectivity index (χ0n) is 17.2. The number of nitrogens with one attached hydrogen (secondary N) is 1. The van der Waals surface area contributed by atoms with Gasteiger partial charge in [0.2, 0.25) is 5.91 Å². The predicted octanol–water partition coefficient (Wildman–Crippen LogP) is 2.19. The number of pyridine rings is 1. The molecule has 0 atom stereocenters. The first-order chi connectivity index (χ1) is 15.5. The first-order valence-corrected chi connectivity index (χ1v) is 10.5. The van der Waals surface area contributed by atoms with Crippen molar-refractivity contribution in [3.05, 3.63) is 76.2 Å². The van der Waals surface area contributed by atoms with E-state index in [2.05, 4.69) is 4.98 Å². The highest BCUT2D eigenvalue weighted by Gasteiger charge is 2.37. The Balaban J connectivity index is 1.18. The minimum atomic E-state index is -0.424. The molecule has 0 spiro atoms. The van der Waals surface area contributed by atoms with Crippen molar-refractivity contribution in [2.45, 2.75) is 18.9 Å². The number of piperidine rings is 1. The molecule has 1 N–H and O–H groups in total. The number of carbonyl (C=O) groups excluding carboxylic acids is 3. The molecule has 0 unspecified atom stereocenters. The summed E-state index contributed by atoms with van der Waals surface area (Å²) >= 11 is 0. The lowest BCUT2D eigenvalue weighted by Gasteiger charge is -2.33. The molecule has 1 fully saturated rings. The molecule has 2 aromatic carbocycles. The Bertz CT molecular complexity index is 1260. The van der Waals surface area contributed by atoms with E-state index in [1.807, 2.05) is 12.1 Å². The number of imide groups is 1. The van der Waals surface area contributed by atoms with Crippen molar-refractivity contribution in [2.24, 2.45) is 0 Å². The normalized spacial score (nSPS) is 16.5. The van der Waals surface area contributed by atoms with Crippen LogP contribution < -0.4 is 10.3 Å². The smallest absolute Gasteiger partial charge is 0.262 e. The summed E-state index contributed by atoms with van der Waals surface area (Å²) in [7, 11) is 0. The number of hydrogen-bond donors (Lipinski definition) is 1. The third-order valence-electron chi connectivity index (χ3n) is 6.01. The van der Waals surface area contributed by atoms with Crippen LogP contribution in [-0.2, 0) is 4.79 Å². The number of H-pyrrole nitrogens is 1. The summed E-state index contributed by atoms with van der Waals surface area (Å²) in [5.41, 5.74) is 0.545. The summed E-state index contributed by atoms with van der Waals surface area (Å²) in [6, 6.07) is 13.8. The van der Waals surface area contributed by atoms with E-state index in [1.165, 1.54) is 0 Å². The molecule has 1 saturated heterocycles. The first kappa shape index (κ1) is 20.0. The number of hydrogen-bond acceptors (Lipinski definition) is 5. The average Bonchev–Trinajstić information content (AvgIpc) is 3.05. The summed E-state index contributed by atoms with van der Waals surface area (Å²) in [6.45, 7) is 0.719. The van der Waals surface area contributed by atoms with Gasteiger partial charge in [0, 0.05) is 37.5 Å². The van der Waals surface area contributed by atoms with Gasteiger partial charge in [0.1, 0.15) is 18.4 Å². The van der Waals surface area contributed by atoms with Gasteiger partial charge in [-0.2, -0.15) is 0 Å². The van der Waals surface area contributed by atoms with Gasteiger partial charge < -0.3 is 14.6 Å². The molecule has 3 aromatic rings. The van der Waals surface area contributed by atoms with Crippen LogP contribution in [0.1, 0.15) is 33.6 Å². The molecule has 2 aliphatic heterocycles. The Morgan fingerprint density at radius 2 is 1.66 bits per heavy atom. The van der Waals surface area contributed by atoms with E-state index in [-0.39, 0.29) is 24.1 Å². The number of aromatic nitrogens is 1. The molecule has 3 heterocycles. The molecule has 0 aliphatic carbocycles. The summed E-state index contributed by atoms with van der Waals surface area (Å²) in [5, 5.41) is 1.41. The summed E-state index contributed by atoms with van der Waals surface area (Å²) in [5.74, 6) is -0.415. The number of benzene rings is 2. The van der Waals surface area contributed by atoms with Gasteiger partial charge in [0.15, 0.2) is 0 Å². The molecule has 2 aliphatic rings. The van der Waals surface area contributed by atoms with Crippen LogP contribution in [0.3, 0.4) is 0 Å². The van der Waals surface area contributed by atoms with Gasteiger partial charge in [-0.3, -0.25) is 24.1 Å². The number of aromatic amines is 1. The minimum Gasteiger partial charge on any atom is -0.490 e. The van der Waals surface area contributed by atoms with E-state index in [1.54, 1.807) is 47.5 Å². The second-order valence-electron chi connectivity index (χ2n) is 8.00. The highest BCUT2D eigenvalue weighted by atomic mass is 16.5. The highest BCUT2D eigenvalue weighted by Crippen LogP contribution is 2.24. The number of amides is 3. The van der Waals surface area contributed by atoms with Crippen molar-refractivity contribution in [1.29, 1.82) is 0 Å². The Kier molecular flexibility index (Phi) is 4.97. The Morgan fingerprint density at radius 1 is 0.969 bits per heavy atom. The number of likely N-dealkylation sites (tertiary alicyclic amines) is 1. The number of carbonyl (C=O) groups is 3. The molecule has 3 amide bonds. The second-order valence-corrected chi connectivity index (χ2v) is 8.00. The van der Waals surface area contributed by atoms with E-state index in [9.17, 15) is 19.2 Å². The van der Waals surface area contributed by atoms with E-state index in [0.29, 0.717) is 48.2 Å². The maximum absolute atomic E-state index is 12.7. The lowest BCUT2D eigenvalue weighted by molar-refractivity contribution is -0.133. The van der Waals surface area contributed by atoms with Crippen molar-refractivity contribution < 1.29 is 19.1 Å². The van der Waals surface area contributed by atoms with Crippen LogP contribution in [-0.4, -0.2) is 58.2 Å². The molecule has 5 rings (SSSR count). The van der Waals surface area contributed by atoms with Crippen LogP contribution in [0.5, 0.6) is 5.75 Å². The van der Waals surface area contributed by atoms with Gasteiger partial charge in [-0.25, -0.2) is 0 Å². The molecule has 0 bridgehead atoms. The number of rotatable bonds is 4. The summed E-state index contributed by atoms with van der Waals surface area (Å²) in [4.78, 5) is 54.9. The van der Waals surface area contributed by atoms with E-state index >= 15 is 0 Å². The Hall–Kier alpha value is -3.94. The standard InChI is InChI=1S/C24H21N3O5/c28-21(14-27-23(30)19-3-1-2-4-20(19)24(27)31)26-11-8-16(9-12-26)32-17-5-6-18-15(13-17)7-10-25-22(18)29/h1-7,10,13,16H,8-9,11-12,14H2,(H,25,29). The van der Waals surface area contributed by atoms with Crippen LogP contribution in [0.25, 0.3) is 10.8 Å². The van der Waals surface area contributed by atoms with Crippen LogP contribution in [0.4, 0.5) is 0 Å². The van der Waals surface area contributed by atoms with Crippen molar-refractivity contribution in [3.8, 4) is 5.75 Å². The largest absolute Gasteiger partial charge is 0.490 e. The Morgan fingerprint density at radius 3 is 2.34 bits per heavy atom. The fraction of sp³-hybridized carbons (Fsp3) is 0.250. The third-order valence-corrected chi connectivity index (χ3v) is 6.01. The van der Waals surface area contributed by atoms with Gasteiger partial charge >= 0.3 is 0 Å². The monoisotopic (exact) mass is 431 g/mol. The third kappa shape index (κ3) is 3.53. The van der Waals surface area contributed by atoms with Crippen molar-refractivity contribution in [1.82, 2.24) is 14.8 Å². The molecule has 0 radical (unpaired) electrons. The second kappa shape index (κ2) is 7.96. The molecule has 162 valence electrons. The molecule has 1 aromatic heterocycles. The maximum atomic E-state index is 12.7.